The van der Waals surface area contributed by atoms with E-state index in [4.69, 9.17) is 0 Å². The highest BCUT2D eigenvalue weighted by Crippen LogP contribution is 2.08. The van der Waals surface area contributed by atoms with Crippen molar-refractivity contribution in [2.45, 2.75) is 0 Å². The summed E-state index contributed by atoms with van der Waals surface area (Å²) in [6.45, 7) is 4.64. The fourth-order valence-electron chi connectivity index (χ4n) is 0.546. The number of hydrogen-bond acceptors (Lipinski definition) is 3. The van der Waals surface area contributed by atoms with Crippen LogP contribution in [0.3, 0.4) is 0 Å². The molecule has 2 N–H and O–H groups in total. The monoisotopic (exact) mass is 154 g/mol. The third kappa shape index (κ3) is 2.87. The van der Waals surface area contributed by atoms with E-state index < -0.39 is 0 Å². The van der Waals surface area contributed by atoms with Crippen LogP contribution < -0.4 is 10.3 Å². The van der Waals surface area contributed by atoms with Gasteiger partial charge in [-0.2, -0.15) is 4.83 Å². The van der Waals surface area contributed by atoms with Gasteiger partial charge in [0.25, 0.3) is 0 Å². The number of allylic oxidation sites excluding steroid dienone is 3. The van der Waals surface area contributed by atoms with E-state index in [-0.39, 0.29) is 0 Å². The van der Waals surface area contributed by atoms with Crippen LogP contribution in [0.5, 0.6) is 0 Å². The van der Waals surface area contributed by atoms with Gasteiger partial charge in [0.1, 0.15) is 0 Å². The summed E-state index contributed by atoms with van der Waals surface area (Å²) in [6.07, 6.45) is 7.96. The van der Waals surface area contributed by atoms with Crippen molar-refractivity contribution in [2.75, 3.05) is 6.54 Å². The predicted molar refractivity (Wildman–Crippen MR) is 46.1 cm³/mol. The number of hydrogen-bond donors (Lipinski definition) is 2. The van der Waals surface area contributed by atoms with E-state index >= 15 is 0 Å². The van der Waals surface area contributed by atoms with Gasteiger partial charge in [0.05, 0.1) is 0 Å². The molecular weight excluding hydrogens is 144 g/mol. The fraction of sp³-hybridized carbons (Fsp3) is 0.143. The summed E-state index contributed by atoms with van der Waals surface area (Å²) in [5.41, 5.74) is 2.98. The maximum atomic E-state index is 3.80. The Balaban J connectivity index is 2.48. The lowest BCUT2D eigenvalue weighted by Gasteiger charge is -2.00. The molecule has 10 heavy (non-hydrogen) atoms. The lowest BCUT2D eigenvalue weighted by atomic mass is 10.4. The number of rotatable bonds is 0. The van der Waals surface area contributed by atoms with Crippen molar-refractivity contribution in [3.63, 3.8) is 0 Å². The molecule has 0 amide bonds. The fourth-order valence-corrected chi connectivity index (χ4v) is 0.979. The molecule has 0 aromatic heterocycles. The Kier molecular flexibility index (Phi) is 3.29. The Labute approximate surface area is 65.2 Å². The molecule has 3 heteroatoms. The Morgan fingerprint density at radius 2 is 2.40 bits per heavy atom. The third-order valence-corrected chi connectivity index (χ3v) is 1.65. The van der Waals surface area contributed by atoms with Crippen molar-refractivity contribution >= 4 is 11.9 Å². The molecule has 0 radical (unpaired) electrons. The van der Waals surface area contributed by atoms with Gasteiger partial charge in [0, 0.05) is 11.4 Å². The zero-order chi connectivity index (χ0) is 7.23. The van der Waals surface area contributed by atoms with Crippen molar-refractivity contribution in [3.05, 3.63) is 35.8 Å². The zero-order valence-corrected chi connectivity index (χ0v) is 6.45. The van der Waals surface area contributed by atoms with Gasteiger partial charge in [-0.05, 0) is 18.0 Å². The van der Waals surface area contributed by atoms with E-state index in [1.165, 1.54) is 11.9 Å². The first-order chi connectivity index (χ1) is 4.89. The van der Waals surface area contributed by atoms with Crippen molar-refractivity contribution < 1.29 is 0 Å². The molecule has 0 fully saturated rings. The van der Waals surface area contributed by atoms with Crippen LogP contribution in [0.4, 0.5) is 0 Å². The molecule has 0 bridgehead atoms. The van der Waals surface area contributed by atoms with E-state index in [2.05, 4.69) is 16.8 Å². The molecule has 0 saturated carbocycles. The van der Waals surface area contributed by atoms with Crippen LogP contribution in [0.2, 0.25) is 0 Å². The summed E-state index contributed by atoms with van der Waals surface area (Å²) < 4.78 is 0. The Morgan fingerprint density at radius 3 is 3.30 bits per heavy atom. The SMILES string of the molecule is C=C1/C=C\C=C/CNNS1. The molecule has 54 valence electrons. The average Bonchev–Trinajstić information content (AvgIpc) is 2.02. The van der Waals surface area contributed by atoms with Gasteiger partial charge >= 0.3 is 0 Å². The maximum Gasteiger partial charge on any atom is 0.0292 e. The van der Waals surface area contributed by atoms with E-state index in [0.29, 0.717) is 0 Å². The molecule has 0 aromatic carbocycles. The molecule has 0 atom stereocenters. The number of nitrogens with one attached hydrogen (secondary N) is 2. The van der Waals surface area contributed by atoms with Crippen molar-refractivity contribution in [3.8, 4) is 0 Å². The van der Waals surface area contributed by atoms with Crippen LogP contribution in [-0.2, 0) is 0 Å². The first-order valence-electron chi connectivity index (χ1n) is 3.06. The second-order valence-electron chi connectivity index (χ2n) is 1.84. The molecule has 1 aliphatic heterocycles. The Bertz CT molecular complexity index is 172. The summed E-state index contributed by atoms with van der Waals surface area (Å²) in [6, 6.07) is 0. The lowest BCUT2D eigenvalue weighted by Crippen LogP contribution is -2.24. The van der Waals surface area contributed by atoms with Crippen molar-refractivity contribution in [1.29, 1.82) is 0 Å². The van der Waals surface area contributed by atoms with Gasteiger partial charge in [-0.25, -0.2) is 5.43 Å². The molecule has 0 aliphatic carbocycles. The molecule has 0 spiro atoms. The minimum Gasteiger partial charge on any atom is -0.244 e. The average molecular weight is 154 g/mol. The molecule has 1 heterocycles. The minimum atomic E-state index is 0.838. The molecular formula is C7H10N2S. The minimum absolute atomic E-state index is 0.838. The molecule has 1 rings (SSSR count). The third-order valence-electron chi connectivity index (χ3n) is 1.00. The Morgan fingerprint density at radius 1 is 1.50 bits per heavy atom. The first-order valence-corrected chi connectivity index (χ1v) is 3.88. The van der Waals surface area contributed by atoms with Gasteiger partial charge in [-0.1, -0.05) is 24.8 Å². The van der Waals surface area contributed by atoms with E-state index in [1.807, 2.05) is 24.3 Å². The molecule has 1 aliphatic rings. The summed E-state index contributed by atoms with van der Waals surface area (Å²) in [4.78, 5) is 3.94. The summed E-state index contributed by atoms with van der Waals surface area (Å²) in [5, 5.41) is 0. The van der Waals surface area contributed by atoms with Gasteiger partial charge in [0.15, 0.2) is 0 Å². The molecule has 0 unspecified atom stereocenters. The zero-order valence-electron chi connectivity index (χ0n) is 5.63. The van der Waals surface area contributed by atoms with E-state index in [0.717, 1.165) is 11.4 Å². The highest BCUT2D eigenvalue weighted by atomic mass is 32.2. The molecule has 0 aromatic rings. The topological polar surface area (TPSA) is 24.1 Å². The lowest BCUT2D eigenvalue weighted by molar-refractivity contribution is 0.757. The summed E-state index contributed by atoms with van der Waals surface area (Å²) in [7, 11) is 0. The standard InChI is InChI=1S/C7H10N2S/c1-7-5-3-2-4-6-8-9-10-7/h2-5,8-9H,1,6H2/b4-2-,5-3-. The second kappa shape index (κ2) is 4.33. The van der Waals surface area contributed by atoms with Crippen LogP contribution >= 0.6 is 11.9 Å². The van der Waals surface area contributed by atoms with Crippen LogP contribution in [0.25, 0.3) is 0 Å². The van der Waals surface area contributed by atoms with Crippen LogP contribution in [0.15, 0.2) is 35.8 Å². The molecule has 2 nitrogen and oxygen atoms in total. The van der Waals surface area contributed by atoms with Crippen molar-refractivity contribution in [1.82, 2.24) is 10.3 Å². The van der Waals surface area contributed by atoms with Crippen LogP contribution in [0.1, 0.15) is 0 Å². The van der Waals surface area contributed by atoms with Crippen LogP contribution in [-0.4, -0.2) is 6.54 Å². The second-order valence-corrected chi connectivity index (χ2v) is 2.77. The highest BCUT2D eigenvalue weighted by molar-refractivity contribution is 8.01. The first kappa shape index (κ1) is 7.60. The Hall–Kier alpha value is -0.510. The largest absolute Gasteiger partial charge is 0.244 e. The molecule has 0 saturated heterocycles. The van der Waals surface area contributed by atoms with Gasteiger partial charge in [-0.3, -0.25) is 0 Å². The summed E-state index contributed by atoms with van der Waals surface area (Å²) in [5.74, 6) is 0. The quantitative estimate of drug-likeness (QED) is 0.515. The van der Waals surface area contributed by atoms with Gasteiger partial charge in [-0.15, -0.1) is 0 Å². The van der Waals surface area contributed by atoms with Gasteiger partial charge in [0.2, 0.25) is 0 Å². The normalized spacial score (nSPS) is 26.2. The van der Waals surface area contributed by atoms with E-state index in [9.17, 15) is 0 Å². The van der Waals surface area contributed by atoms with Gasteiger partial charge < -0.3 is 0 Å². The number of hydrazine groups is 1. The smallest absolute Gasteiger partial charge is 0.0292 e. The predicted octanol–water partition coefficient (Wildman–Crippen LogP) is 1.37. The van der Waals surface area contributed by atoms with Crippen LogP contribution in [0, 0.1) is 0 Å². The van der Waals surface area contributed by atoms with Crippen molar-refractivity contribution in [2.24, 2.45) is 0 Å². The highest BCUT2D eigenvalue weighted by Gasteiger charge is 1.88. The maximum absolute atomic E-state index is 3.80. The van der Waals surface area contributed by atoms with E-state index in [1.54, 1.807) is 0 Å². The summed E-state index contributed by atoms with van der Waals surface area (Å²) >= 11 is 1.48.